The van der Waals surface area contributed by atoms with Crippen molar-refractivity contribution in [2.75, 3.05) is 12.4 Å². The van der Waals surface area contributed by atoms with Gasteiger partial charge in [-0.1, -0.05) is 0 Å². The number of hydrogen-bond acceptors (Lipinski definition) is 6. The fourth-order valence-electron chi connectivity index (χ4n) is 2.95. The summed E-state index contributed by atoms with van der Waals surface area (Å²) < 4.78 is 37.6. The Morgan fingerprint density at radius 2 is 1.74 bits per heavy atom. The Morgan fingerprint density at radius 3 is 2.45 bits per heavy atom. The van der Waals surface area contributed by atoms with E-state index in [1.807, 2.05) is 25.3 Å². The van der Waals surface area contributed by atoms with Gasteiger partial charge in [0.05, 0.1) is 18.4 Å². The summed E-state index contributed by atoms with van der Waals surface area (Å²) in [7, 11) is 1.58. The number of nitrogens with one attached hydrogen (secondary N) is 2. The van der Waals surface area contributed by atoms with E-state index in [0.717, 1.165) is 23.4 Å². The van der Waals surface area contributed by atoms with Gasteiger partial charge in [0, 0.05) is 35.8 Å². The molecule has 9 heteroatoms. The second kappa shape index (κ2) is 8.39. The summed E-state index contributed by atoms with van der Waals surface area (Å²) in [6.07, 6.45) is 1.82. The molecule has 0 radical (unpaired) electrons. The molecule has 0 fully saturated rings. The van der Waals surface area contributed by atoms with Crippen molar-refractivity contribution in [3.05, 3.63) is 71.7 Å². The molecule has 0 saturated carbocycles. The Balaban J connectivity index is 1.58. The van der Waals surface area contributed by atoms with Crippen molar-refractivity contribution in [1.82, 2.24) is 19.9 Å². The number of imidazole rings is 1. The first-order chi connectivity index (χ1) is 14.9. The molecule has 0 aliphatic rings. The van der Waals surface area contributed by atoms with E-state index in [-0.39, 0.29) is 17.6 Å². The number of aryl methyl sites for hydroxylation is 2. The summed E-state index contributed by atoms with van der Waals surface area (Å²) in [5.41, 5.74) is 3.01. The highest BCUT2D eigenvalue weighted by molar-refractivity contribution is 5.70. The normalized spacial score (nSPS) is 10.7. The highest BCUT2D eigenvalue weighted by Crippen LogP contribution is 2.32. The number of halogens is 2. The van der Waals surface area contributed by atoms with Crippen LogP contribution in [0.2, 0.25) is 0 Å². The molecule has 0 saturated heterocycles. The van der Waals surface area contributed by atoms with Crippen molar-refractivity contribution in [1.29, 1.82) is 0 Å². The van der Waals surface area contributed by atoms with E-state index in [0.29, 0.717) is 23.0 Å². The van der Waals surface area contributed by atoms with E-state index in [4.69, 9.17) is 9.47 Å². The Hall–Kier alpha value is -4.01. The molecule has 2 N–H and O–H groups in total. The molecule has 0 spiro atoms. The summed E-state index contributed by atoms with van der Waals surface area (Å²) in [4.78, 5) is 16.2. The third kappa shape index (κ3) is 4.61. The van der Waals surface area contributed by atoms with Crippen molar-refractivity contribution < 1.29 is 18.3 Å². The number of ether oxygens (including phenoxy) is 2. The smallest absolute Gasteiger partial charge is 0.230 e. The van der Waals surface area contributed by atoms with Gasteiger partial charge >= 0.3 is 0 Å². The molecule has 0 unspecified atom stereocenters. The molecule has 4 rings (SSSR count). The van der Waals surface area contributed by atoms with Gasteiger partial charge in [-0.05, 0) is 38.1 Å². The van der Waals surface area contributed by atoms with Crippen molar-refractivity contribution in [2.24, 2.45) is 0 Å². The van der Waals surface area contributed by atoms with Crippen LogP contribution in [-0.2, 0) is 0 Å². The molecule has 7 nitrogen and oxygen atoms in total. The predicted molar refractivity (Wildman–Crippen MR) is 112 cm³/mol. The monoisotopic (exact) mass is 423 g/mol. The maximum absolute atomic E-state index is 13.4. The van der Waals surface area contributed by atoms with Gasteiger partial charge in [0.1, 0.15) is 17.3 Å². The van der Waals surface area contributed by atoms with E-state index in [2.05, 4.69) is 25.3 Å². The number of rotatable bonds is 6. The van der Waals surface area contributed by atoms with Gasteiger partial charge in [-0.2, -0.15) is 4.98 Å². The highest BCUT2D eigenvalue weighted by Gasteiger charge is 2.12. The van der Waals surface area contributed by atoms with Gasteiger partial charge in [-0.25, -0.2) is 18.7 Å². The van der Waals surface area contributed by atoms with Gasteiger partial charge in [0.15, 0.2) is 11.6 Å². The minimum absolute atomic E-state index is 0.128. The summed E-state index contributed by atoms with van der Waals surface area (Å²) in [5, 5.41) is 3.10. The lowest BCUT2D eigenvalue weighted by Gasteiger charge is -2.12. The van der Waals surface area contributed by atoms with Crippen LogP contribution < -0.4 is 14.8 Å². The minimum Gasteiger partial charge on any atom is -0.496 e. The van der Waals surface area contributed by atoms with Crippen LogP contribution in [0.25, 0.3) is 11.4 Å². The van der Waals surface area contributed by atoms with Crippen LogP contribution in [0.5, 0.6) is 17.4 Å². The zero-order valence-electron chi connectivity index (χ0n) is 17.0. The van der Waals surface area contributed by atoms with E-state index in [1.165, 1.54) is 6.07 Å². The van der Waals surface area contributed by atoms with Crippen LogP contribution in [0.15, 0.2) is 48.7 Å². The molecule has 2 aromatic carbocycles. The quantitative estimate of drug-likeness (QED) is 0.437. The lowest BCUT2D eigenvalue weighted by molar-refractivity contribution is 0.416. The van der Waals surface area contributed by atoms with E-state index < -0.39 is 11.6 Å². The highest BCUT2D eigenvalue weighted by atomic mass is 19.2. The average Bonchev–Trinajstić information content (AvgIpc) is 3.16. The van der Waals surface area contributed by atoms with Gasteiger partial charge < -0.3 is 19.8 Å². The third-order valence-corrected chi connectivity index (χ3v) is 4.36. The van der Waals surface area contributed by atoms with Crippen molar-refractivity contribution >= 4 is 11.6 Å². The van der Waals surface area contributed by atoms with Crippen LogP contribution in [-0.4, -0.2) is 27.0 Å². The number of aromatic amines is 1. The molecule has 31 heavy (non-hydrogen) atoms. The Morgan fingerprint density at radius 1 is 0.903 bits per heavy atom. The van der Waals surface area contributed by atoms with E-state index in [1.54, 1.807) is 26.2 Å². The van der Waals surface area contributed by atoms with Crippen LogP contribution in [0.4, 0.5) is 20.4 Å². The van der Waals surface area contributed by atoms with E-state index in [9.17, 15) is 8.78 Å². The number of methoxy groups -OCH3 is 1. The third-order valence-electron chi connectivity index (χ3n) is 4.36. The first-order valence-electron chi connectivity index (χ1n) is 9.37. The molecular weight excluding hydrogens is 404 g/mol. The Kier molecular flexibility index (Phi) is 5.48. The number of hydrogen-bond donors (Lipinski definition) is 2. The minimum atomic E-state index is -0.999. The number of nitrogens with zero attached hydrogens (tertiary/aromatic N) is 3. The molecule has 0 amide bonds. The Bertz CT molecular complexity index is 1240. The zero-order chi connectivity index (χ0) is 22.0. The molecule has 0 atom stereocenters. The van der Waals surface area contributed by atoms with E-state index >= 15 is 0 Å². The summed E-state index contributed by atoms with van der Waals surface area (Å²) in [5.74, 6) is -0.0315. The number of anilines is 2. The average molecular weight is 423 g/mol. The molecule has 158 valence electrons. The van der Waals surface area contributed by atoms with Crippen LogP contribution in [0.1, 0.15) is 11.4 Å². The largest absolute Gasteiger partial charge is 0.496 e. The molecular formula is C22H19F2N5O2. The molecule has 0 bridgehead atoms. The molecule has 0 aliphatic heterocycles. The van der Waals surface area contributed by atoms with Gasteiger partial charge in [-0.3, -0.25) is 0 Å². The van der Waals surface area contributed by atoms with Crippen LogP contribution in [0.3, 0.4) is 0 Å². The van der Waals surface area contributed by atoms with Crippen LogP contribution in [0, 0.1) is 25.5 Å². The molecule has 0 aliphatic carbocycles. The van der Waals surface area contributed by atoms with Gasteiger partial charge in [0.25, 0.3) is 0 Å². The SMILES string of the molecule is COc1cc(Nc2nc(C)cc(Oc3ccc(F)c(F)c3)n2)ccc1-c1nc(C)c[nH]1. The second-order valence-electron chi connectivity index (χ2n) is 6.78. The predicted octanol–water partition coefficient (Wildman–Crippen LogP) is 5.31. The fourth-order valence-corrected chi connectivity index (χ4v) is 2.95. The first-order valence-corrected chi connectivity index (χ1v) is 9.37. The topological polar surface area (TPSA) is 84.9 Å². The summed E-state index contributed by atoms with van der Waals surface area (Å²) >= 11 is 0. The summed E-state index contributed by atoms with van der Waals surface area (Å²) in [6.45, 7) is 3.67. The standard InChI is InChI=1S/C22H19F2N5O2/c1-12-8-20(31-15-5-7-17(23)18(24)10-15)29-22(27-12)28-14-4-6-16(19(9-14)30-3)21-25-11-13(2)26-21/h4-11H,1-3H3,(H,25,26)(H,27,28,29). The van der Waals surface area contributed by atoms with Crippen molar-refractivity contribution in [3.63, 3.8) is 0 Å². The number of H-pyrrole nitrogens is 1. The van der Waals surface area contributed by atoms with Gasteiger partial charge in [-0.15, -0.1) is 0 Å². The van der Waals surface area contributed by atoms with Crippen LogP contribution >= 0.6 is 0 Å². The maximum atomic E-state index is 13.4. The molecule has 4 aromatic rings. The summed E-state index contributed by atoms with van der Waals surface area (Å²) in [6, 6.07) is 10.4. The molecule has 2 aromatic heterocycles. The number of benzene rings is 2. The van der Waals surface area contributed by atoms with Crippen molar-refractivity contribution in [2.45, 2.75) is 13.8 Å². The Labute approximate surface area is 177 Å². The lowest BCUT2D eigenvalue weighted by atomic mass is 10.1. The second-order valence-corrected chi connectivity index (χ2v) is 6.78. The lowest BCUT2D eigenvalue weighted by Crippen LogP contribution is -2.01. The maximum Gasteiger partial charge on any atom is 0.230 e. The molecule has 2 heterocycles. The number of aromatic nitrogens is 4. The fraction of sp³-hybridized carbons (Fsp3) is 0.136. The zero-order valence-corrected chi connectivity index (χ0v) is 17.0. The first kappa shape index (κ1) is 20.3. The van der Waals surface area contributed by atoms with Crippen molar-refractivity contribution in [3.8, 4) is 28.8 Å². The van der Waals surface area contributed by atoms with Gasteiger partial charge in [0.2, 0.25) is 11.8 Å².